The Bertz CT molecular complexity index is 3120. The fourth-order valence-electron chi connectivity index (χ4n) is 10.2. The lowest BCUT2D eigenvalue weighted by Gasteiger charge is -2.29. The first-order valence-corrected chi connectivity index (χ1v) is 31.6. The minimum absolute atomic E-state index is 0.0228. The Morgan fingerprint density at radius 1 is 0.473 bits per heavy atom. The molecule has 93 heavy (non-hydrogen) atoms. The predicted molar refractivity (Wildman–Crippen MR) is 355 cm³/mol. The van der Waals surface area contributed by atoms with Gasteiger partial charge in [-0.25, -0.2) is 4.79 Å². The number of nitrogens with zero attached hydrogens (tertiary/aromatic N) is 2. The van der Waals surface area contributed by atoms with Gasteiger partial charge in [-0.2, -0.15) is 0 Å². The molecule has 0 aliphatic rings. The van der Waals surface area contributed by atoms with Crippen molar-refractivity contribution in [3.8, 4) is 5.75 Å². The third kappa shape index (κ3) is 27.2. The first-order valence-electron chi connectivity index (χ1n) is 31.6. The minimum Gasteiger partial charge on any atom is -0.508 e. The number of benzene rings is 3. The van der Waals surface area contributed by atoms with Crippen LogP contribution in [0.3, 0.4) is 0 Å². The van der Waals surface area contributed by atoms with Crippen molar-refractivity contribution in [2.24, 2.45) is 62.0 Å². The number of carbonyl (C=O) groups excluding carboxylic acids is 8. The summed E-state index contributed by atoms with van der Waals surface area (Å²) in [5.74, 6) is -8.45. The molecular weight excluding hydrogens is 1200 g/mol. The standard InChI is InChI=1S/C64H98N18O11/c1-37(2)32-44(67)54(84)82-53(38(3)4)61(91)81-51(33-39-16-6-5-7-17-39)58(88)77-48(22-14-30-72-63(68)69)55(85)75-47(21-11-13-29-66)57(87)79-50(34-40-24-26-42(83)27-25-40)59(89)80-52(35-41-36-74-45-19-9-8-18-43(41)45)60(90)76-46(20-10-12-28-65)56(86)78-49(62(92)93)23-15-31-73-64(70)71/h5-9,16-19,24-27,36-38,44,46-53,74,83H,10-15,20-23,28-35,65-67H2,1-4H3,(H,75,85)(H,76,90)(H,77,88)(H,78,86)(H,79,87)(H,80,89)(H,81,91)(H,82,84)(H,92,93)(H4,68,69,72)(H4,70,71,73)/t44-,46-,47-,48-,49-,50-,51-,52-,53-/m0/s1. The summed E-state index contributed by atoms with van der Waals surface area (Å²) >= 11 is 0. The zero-order valence-electron chi connectivity index (χ0n) is 53.7. The summed E-state index contributed by atoms with van der Waals surface area (Å²) in [5, 5.41) is 43.0. The number of phenolic OH excluding ortho intramolecular Hbond substituents is 1. The van der Waals surface area contributed by atoms with E-state index < -0.39 is 114 Å². The molecule has 1 heterocycles. The largest absolute Gasteiger partial charge is 0.508 e. The number of rotatable bonds is 42. The van der Waals surface area contributed by atoms with E-state index in [1.807, 2.05) is 32.0 Å². The number of hydrogen-bond donors (Lipinski definition) is 18. The SMILES string of the molecule is CC(C)C[C@H](N)C(=O)N[C@H](C(=O)N[C@@H](Cc1ccccc1)C(=O)N[C@@H](CCCN=C(N)N)C(=O)N[C@@H](CCCCN)C(=O)N[C@@H](Cc1ccc(O)cc1)C(=O)N[C@@H](Cc1c[nH]c2ccccc12)C(=O)N[C@@H](CCCCN)C(=O)N[C@@H](CCCN=C(N)N)C(=O)O)C(C)C. The van der Waals surface area contributed by atoms with E-state index in [-0.39, 0.29) is 108 Å². The highest BCUT2D eigenvalue weighted by Crippen LogP contribution is 2.21. The van der Waals surface area contributed by atoms with Crippen LogP contribution >= 0.6 is 0 Å². The monoisotopic (exact) mass is 1290 g/mol. The van der Waals surface area contributed by atoms with E-state index in [1.165, 1.54) is 24.3 Å². The summed E-state index contributed by atoms with van der Waals surface area (Å²) in [7, 11) is 0. The van der Waals surface area contributed by atoms with Gasteiger partial charge < -0.3 is 97.9 Å². The molecule has 510 valence electrons. The van der Waals surface area contributed by atoms with Crippen LogP contribution in [-0.2, 0) is 62.4 Å². The number of aliphatic carboxylic acids is 1. The van der Waals surface area contributed by atoms with Gasteiger partial charge in [0.1, 0.15) is 54.1 Å². The Morgan fingerprint density at radius 3 is 1.34 bits per heavy atom. The van der Waals surface area contributed by atoms with Crippen molar-refractivity contribution in [2.75, 3.05) is 26.2 Å². The van der Waals surface area contributed by atoms with Gasteiger partial charge in [0.05, 0.1) is 6.04 Å². The molecule has 0 bridgehead atoms. The Balaban J connectivity index is 1.73. The molecule has 0 spiro atoms. The second kappa shape index (κ2) is 39.8. The molecule has 0 fully saturated rings. The Labute approximate surface area is 542 Å². The van der Waals surface area contributed by atoms with Crippen LogP contribution in [0.25, 0.3) is 10.9 Å². The van der Waals surface area contributed by atoms with Crippen molar-refractivity contribution < 1.29 is 53.4 Å². The average molecular weight is 1300 g/mol. The summed E-state index contributed by atoms with van der Waals surface area (Å²) in [6.07, 6.45) is 3.28. The van der Waals surface area contributed by atoms with Crippen LogP contribution in [-0.4, -0.2) is 161 Å². The number of phenols is 1. The first-order chi connectivity index (χ1) is 44.3. The van der Waals surface area contributed by atoms with E-state index in [2.05, 4.69) is 57.5 Å². The molecule has 4 aromatic rings. The molecule has 8 amide bonds. The number of aromatic amines is 1. The summed E-state index contributed by atoms with van der Waals surface area (Å²) in [6, 6.07) is 10.0. The van der Waals surface area contributed by atoms with Crippen molar-refractivity contribution in [3.63, 3.8) is 0 Å². The summed E-state index contributed by atoms with van der Waals surface area (Å²) in [5.41, 5.74) is 42.4. The summed E-state index contributed by atoms with van der Waals surface area (Å²) in [6.45, 7) is 7.86. The van der Waals surface area contributed by atoms with Crippen LogP contribution in [0.5, 0.6) is 5.75 Å². The number of hydrogen-bond acceptors (Lipinski definition) is 15. The van der Waals surface area contributed by atoms with E-state index >= 15 is 4.79 Å². The van der Waals surface area contributed by atoms with Crippen molar-refractivity contribution in [1.29, 1.82) is 0 Å². The maximum atomic E-state index is 15.1. The van der Waals surface area contributed by atoms with Crippen molar-refractivity contribution in [3.05, 3.63) is 102 Å². The second-order valence-electron chi connectivity index (χ2n) is 23.8. The lowest BCUT2D eigenvalue weighted by Crippen LogP contribution is -2.61. The maximum Gasteiger partial charge on any atom is 0.326 e. The quantitative estimate of drug-likeness (QED) is 0.0148. The van der Waals surface area contributed by atoms with Crippen LogP contribution in [0.4, 0.5) is 0 Å². The molecular formula is C64H98N18O11. The molecule has 0 aliphatic heterocycles. The smallest absolute Gasteiger partial charge is 0.326 e. The Kier molecular flexibility index (Phi) is 32.6. The van der Waals surface area contributed by atoms with Crippen LogP contribution < -0.4 is 82.7 Å². The van der Waals surface area contributed by atoms with E-state index in [0.29, 0.717) is 59.7 Å². The molecule has 1 aromatic heterocycles. The molecule has 29 heteroatoms. The molecule has 0 radical (unpaired) electrons. The number of amides is 8. The number of unbranched alkanes of at least 4 members (excludes halogenated alkanes) is 2. The lowest BCUT2D eigenvalue weighted by molar-refractivity contribution is -0.142. The van der Waals surface area contributed by atoms with Gasteiger partial charge in [-0.05, 0) is 130 Å². The lowest BCUT2D eigenvalue weighted by atomic mass is 9.99. The zero-order valence-corrected chi connectivity index (χ0v) is 53.7. The molecule has 3 aromatic carbocycles. The van der Waals surface area contributed by atoms with E-state index in [0.717, 1.165) is 0 Å². The van der Waals surface area contributed by atoms with Gasteiger partial charge in [-0.15, -0.1) is 0 Å². The molecule has 9 atom stereocenters. The Morgan fingerprint density at radius 2 is 0.882 bits per heavy atom. The number of nitrogens with two attached hydrogens (primary N) is 7. The summed E-state index contributed by atoms with van der Waals surface area (Å²) in [4.78, 5) is 139. The third-order valence-electron chi connectivity index (χ3n) is 15.3. The van der Waals surface area contributed by atoms with Crippen molar-refractivity contribution in [2.45, 2.75) is 172 Å². The minimum atomic E-state index is -1.50. The van der Waals surface area contributed by atoms with E-state index in [1.54, 1.807) is 56.4 Å². The number of H-pyrrole nitrogens is 1. The van der Waals surface area contributed by atoms with Gasteiger partial charge in [0.15, 0.2) is 11.9 Å². The van der Waals surface area contributed by atoms with Gasteiger partial charge in [0.2, 0.25) is 47.3 Å². The van der Waals surface area contributed by atoms with Gasteiger partial charge >= 0.3 is 5.97 Å². The third-order valence-corrected chi connectivity index (χ3v) is 15.3. The number of aromatic nitrogens is 1. The number of carbonyl (C=O) groups is 9. The molecule has 29 nitrogen and oxygen atoms in total. The van der Waals surface area contributed by atoms with Gasteiger partial charge in [-0.1, -0.05) is 88.4 Å². The number of carboxylic acids is 1. The summed E-state index contributed by atoms with van der Waals surface area (Å²) < 4.78 is 0. The van der Waals surface area contributed by atoms with Crippen molar-refractivity contribution >= 4 is 76.0 Å². The Hall–Kier alpha value is -9.35. The topological polar surface area (TPSA) is 513 Å². The van der Waals surface area contributed by atoms with Crippen LogP contribution in [0.15, 0.2) is 95.0 Å². The van der Waals surface area contributed by atoms with Gasteiger partial charge in [0.25, 0.3) is 0 Å². The highest BCUT2D eigenvalue weighted by atomic mass is 16.4. The number of guanidine groups is 2. The fourth-order valence-corrected chi connectivity index (χ4v) is 10.2. The van der Waals surface area contributed by atoms with Gasteiger partial charge in [-0.3, -0.25) is 48.3 Å². The number of carboxylic acid groups (broad SMARTS) is 1. The fraction of sp³-hybridized carbons (Fsp3) is 0.516. The molecule has 0 saturated heterocycles. The molecule has 0 aliphatic carbocycles. The molecule has 0 unspecified atom stereocenters. The van der Waals surface area contributed by atoms with Crippen LogP contribution in [0.1, 0.15) is 115 Å². The number of aliphatic imine (C=N–C) groups is 2. The number of fused-ring (bicyclic) bond motifs is 1. The highest BCUT2D eigenvalue weighted by molar-refractivity contribution is 5.99. The van der Waals surface area contributed by atoms with E-state index in [9.17, 15) is 48.6 Å². The van der Waals surface area contributed by atoms with Crippen molar-refractivity contribution in [1.82, 2.24) is 47.5 Å². The number of nitrogens with one attached hydrogen (secondary N) is 9. The molecule has 25 N–H and O–H groups in total. The normalized spacial score (nSPS) is 14.1. The molecule has 0 saturated carbocycles. The average Bonchev–Trinajstić information content (AvgIpc) is 1.82. The predicted octanol–water partition coefficient (Wildman–Crippen LogP) is -0.741. The first kappa shape index (κ1) is 76.1. The maximum absolute atomic E-state index is 15.1. The highest BCUT2D eigenvalue weighted by Gasteiger charge is 2.36. The van der Waals surface area contributed by atoms with Crippen LogP contribution in [0, 0.1) is 11.8 Å². The van der Waals surface area contributed by atoms with Gasteiger partial charge in [0, 0.05) is 49.5 Å². The molecule has 4 rings (SSSR count). The van der Waals surface area contributed by atoms with Crippen LogP contribution in [0.2, 0.25) is 0 Å². The number of para-hydroxylation sites is 1. The second-order valence-corrected chi connectivity index (χ2v) is 23.8. The van der Waals surface area contributed by atoms with E-state index in [4.69, 9.17) is 40.1 Å². The zero-order chi connectivity index (χ0) is 68.6. The number of aromatic hydroxyl groups is 1.